The van der Waals surface area contributed by atoms with Crippen molar-refractivity contribution in [2.45, 2.75) is 51.5 Å². The van der Waals surface area contributed by atoms with E-state index in [1.165, 1.54) is 0 Å². The Morgan fingerprint density at radius 3 is 2.80 bits per heavy atom. The van der Waals surface area contributed by atoms with E-state index in [0.29, 0.717) is 31.8 Å². The van der Waals surface area contributed by atoms with E-state index in [0.717, 1.165) is 25.7 Å². The second-order valence-corrected chi connectivity index (χ2v) is 5.45. The molecule has 1 aliphatic rings. The Morgan fingerprint density at radius 2 is 2.20 bits per heavy atom. The first-order chi connectivity index (χ1) is 9.58. The summed E-state index contributed by atoms with van der Waals surface area (Å²) in [5, 5.41) is 20.7. The maximum absolute atomic E-state index is 12.1. The van der Waals surface area contributed by atoms with Crippen LogP contribution in [0.4, 0.5) is 4.79 Å². The van der Waals surface area contributed by atoms with Crippen molar-refractivity contribution in [3.63, 3.8) is 0 Å². The molecule has 0 aromatic carbocycles. The van der Waals surface area contributed by atoms with Gasteiger partial charge in [-0.15, -0.1) is 0 Å². The number of urea groups is 1. The molecule has 2 amide bonds. The average Bonchev–Trinajstić information content (AvgIpc) is 2.43. The molecule has 1 fully saturated rings. The van der Waals surface area contributed by atoms with Crippen molar-refractivity contribution in [2.75, 3.05) is 19.7 Å². The fourth-order valence-corrected chi connectivity index (χ4v) is 2.57. The number of amides is 2. The number of piperidine rings is 1. The molecule has 1 unspecified atom stereocenters. The summed E-state index contributed by atoms with van der Waals surface area (Å²) in [7, 11) is 0. The van der Waals surface area contributed by atoms with E-state index in [1.807, 2.05) is 6.92 Å². The van der Waals surface area contributed by atoms with Gasteiger partial charge >= 0.3 is 12.0 Å². The summed E-state index contributed by atoms with van der Waals surface area (Å²) in [5.41, 5.74) is 0. The van der Waals surface area contributed by atoms with Crippen molar-refractivity contribution in [1.29, 1.82) is 0 Å². The molecule has 0 aliphatic carbocycles. The van der Waals surface area contributed by atoms with Crippen molar-refractivity contribution in [3.8, 4) is 0 Å². The number of aliphatic carboxylic acids is 1. The molecule has 0 bridgehead atoms. The molecule has 0 aromatic heterocycles. The lowest BCUT2D eigenvalue weighted by molar-refractivity contribution is -0.139. The van der Waals surface area contributed by atoms with Crippen LogP contribution in [0.25, 0.3) is 0 Å². The Labute approximate surface area is 120 Å². The second kappa shape index (κ2) is 8.79. The molecule has 6 heteroatoms. The van der Waals surface area contributed by atoms with Crippen molar-refractivity contribution in [1.82, 2.24) is 10.2 Å². The normalized spacial score (nSPS) is 20.5. The Hall–Kier alpha value is -1.30. The molecular formula is C14H26N2O4. The quantitative estimate of drug-likeness (QED) is 0.660. The third-order valence-electron chi connectivity index (χ3n) is 3.79. The van der Waals surface area contributed by atoms with Gasteiger partial charge in [0.15, 0.2) is 0 Å². The summed E-state index contributed by atoms with van der Waals surface area (Å²) in [6.07, 6.45) is 4.77. The Kier molecular flexibility index (Phi) is 7.36. The number of carboxylic acid groups (broad SMARTS) is 1. The minimum absolute atomic E-state index is 0.133. The minimum atomic E-state index is -0.976. The lowest BCUT2D eigenvalue weighted by Gasteiger charge is -2.33. The molecule has 0 spiro atoms. The zero-order chi connectivity index (χ0) is 15.0. The highest BCUT2D eigenvalue weighted by Crippen LogP contribution is 2.19. The number of likely N-dealkylation sites (tertiary alicyclic amines) is 1. The SMILES string of the molecule is CCCC[C@H](NC(=O)N1CCCC(CCO)C1)C(=O)O. The van der Waals surface area contributed by atoms with Crippen LogP contribution in [0.5, 0.6) is 0 Å². The van der Waals surface area contributed by atoms with Gasteiger partial charge in [0, 0.05) is 19.7 Å². The van der Waals surface area contributed by atoms with Gasteiger partial charge in [-0.2, -0.15) is 0 Å². The highest BCUT2D eigenvalue weighted by Gasteiger charge is 2.26. The molecule has 116 valence electrons. The molecule has 1 aliphatic heterocycles. The number of hydrogen-bond acceptors (Lipinski definition) is 3. The van der Waals surface area contributed by atoms with E-state index in [9.17, 15) is 9.59 Å². The first-order valence-electron chi connectivity index (χ1n) is 7.47. The molecule has 0 aromatic rings. The van der Waals surface area contributed by atoms with Crippen molar-refractivity contribution >= 4 is 12.0 Å². The van der Waals surface area contributed by atoms with Crippen molar-refractivity contribution < 1.29 is 19.8 Å². The number of carboxylic acids is 1. The Morgan fingerprint density at radius 1 is 1.45 bits per heavy atom. The number of carbonyl (C=O) groups is 2. The fraction of sp³-hybridized carbons (Fsp3) is 0.857. The standard InChI is InChI=1S/C14H26N2O4/c1-2-3-6-12(13(18)19)15-14(20)16-8-4-5-11(10-16)7-9-17/h11-12,17H,2-10H2,1H3,(H,15,20)(H,18,19)/t11?,12-/m0/s1. The van der Waals surface area contributed by atoms with Crippen LogP contribution in [-0.4, -0.2) is 52.9 Å². The number of hydrogen-bond donors (Lipinski definition) is 3. The topological polar surface area (TPSA) is 89.9 Å². The van der Waals surface area contributed by atoms with Crippen LogP contribution in [0, 0.1) is 5.92 Å². The largest absolute Gasteiger partial charge is 0.480 e. The number of unbranched alkanes of at least 4 members (excludes halogenated alkanes) is 1. The molecule has 1 saturated heterocycles. The zero-order valence-corrected chi connectivity index (χ0v) is 12.2. The van der Waals surface area contributed by atoms with Crippen LogP contribution >= 0.6 is 0 Å². The monoisotopic (exact) mass is 286 g/mol. The number of nitrogens with one attached hydrogen (secondary N) is 1. The Balaban J connectivity index is 2.48. The van der Waals surface area contributed by atoms with Crippen LogP contribution < -0.4 is 5.32 Å². The van der Waals surface area contributed by atoms with Crippen LogP contribution in [0.3, 0.4) is 0 Å². The molecule has 0 radical (unpaired) electrons. The molecular weight excluding hydrogens is 260 g/mol. The van der Waals surface area contributed by atoms with E-state index in [4.69, 9.17) is 10.2 Å². The minimum Gasteiger partial charge on any atom is -0.480 e. The molecule has 20 heavy (non-hydrogen) atoms. The van der Waals surface area contributed by atoms with E-state index in [2.05, 4.69) is 5.32 Å². The molecule has 2 atom stereocenters. The summed E-state index contributed by atoms with van der Waals surface area (Å²) >= 11 is 0. The lowest BCUT2D eigenvalue weighted by atomic mass is 9.95. The van der Waals surface area contributed by atoms with Gasteiger partial charge in [0.25, 0.3) is 0 Å². The van der Waals surface area contributed by atoms with Gasteiger partial charge in [0.1, 0.15) is 6.04 Å². The molecule has 6 nitrogen and oxygen atoms in total. The summed E-state index contributed by atoms with van der Waals surface area (Å²) in [6.45, 7) is 3.39. The maximum atomic E-state index is 12.1. The first kappa shape index (κ1) is 16.8. The van der Waals surface area contributed by atoms with E-state index in [1.54, 1.807) is 4.90 Å². The second-order valence-electron chi connectivity index (χ2n) is 5.45. The number of carbonyl (C=O) groups excluding carboxylic acids is 1. The number of aliphatic hydroxyl groups excluding tert-OH is 1. The van der Waals surface area contributed by atoms with Gasteiger partial charge in [-0.1, -0.05) is 19.8 Å². The summed E-state index contributed by atoms with van der Waals surface area (Å²) in [4.78, 5) is 24.9. The summed E-state index contributed by atoms with van der Waals surface area (Å²) in [5.74, 6) is -0.658. The van der Waals surface area contributed by atoms with Crippen LogP contribution in [0.15, 0.2) is 0 Å². The third-order valence-corrected chi connectivity index (χ3v) is 3.79. The van der Waals surface area contributed by atoms with Crippen LogP contribution in [0.2, 0.25) is 0 Å². The highest BCUT2D eigenvalue weighted by atomic mass is 16.4. The van der Waals surface area contributed by atoms with Crippen molar-refractivity contribution in [3.05, 3.63) is 0 Å². The summed E-state index contributed by atoms with van der Waals surface area (Å²) < 4.78 is 0. The number of rotatable bonds is 7. The molecule has 3 N–H and O–H groups in total. The van der Waals surface area contributed by atoms with Crippen LogP contribution in [-0.2, 0) is 4.79 Å². The maximum Gasteiger partial charge on any atom is 0.326 e. The average molecular weight is 286 g/mol. The van der Waals surface area contributed by atoms with Gasteiger partial charge in [0.2, 0.25) is 0 Å². The van der Waals surface area contributed by atoms with Gasteiger partial charge in [-0.25, -0.2) is 9.59 Å². The fourth-order valence-electron chi connectivity index (χ4n) is 2.57. The van der Waals surface area contributed by atoms with Gasteiger partial charge < -0.3 is 20.4 Å². The number of nitrogens with zero attached hydrogens (tertiary/aromatic N) is 1. The van der Waals surface area contributed by atoms with E-state index in [-0.39, 0.29) is 12.6 Å². The van der Waals surface area contributed by atoms with Crippen molar-refractivity contribution in [2.24, 2.45) is 5.92 Å². The lowest BCUT2D eigenvalue weighted by Crippen LogP contribution is -2.50. The molecule has 1 rings (SSSR count). The van der Waals surface area contributed by atoms with E-state index >= 15 is 0 Å². The third kappa shape index (κ3) is 5.36. The van der Waals surface area contributed by atoms with Crippen LogP contribution in [0.1, 0.15) is 45.4 Å². The predicted molar refractivity (Wildman–Crippen MR) is 75.5 cm³/mol. The predicted octanol–water partition coefficient (Wildman–Crippen LogP) is 1.43. The highest BCUT2D eigenvalue weighted by molar-refractivity contribution is 5.82. The zero-order valence-electron chi connectivity index (χ0n) is 12.2. The number of aliphatic hydroxyl groups is 1. The van der Waals surface area contributed by atoms with E-state index < -0.39 is 12.0 Å². The van der Waals surface area contributed by atoms with Gasteiger partial charge in [0.05, 0.1) is 0 Å². The van der Waals surface area contributed by atoms with Gasteiger partial charge in [-0.05, 0) is 31.6 Å². The molecule has 0 saturated carbocycles. The Bertz CT molecular complexity index is 320. The summed E-state index contributed by atoms with van der Waals surface area (Å²) in [6, 6.07) is -1.10. The van der Waals surface area contributed by atoms with Gasteiger partial charge in [-0.3, -0.25) is 0 Å². The smallest absolute Gasteiger partial charge is 0.326 e. The molecule has 1 heterocycles. The first-order valence-corrected chi connectivity index (χ1v) is 7.47.